The van der Waals surface area contributed by atoms with Gasteiger partial charge in [-0.1, -0.05) is 35.9 Å². The van der Waals surface area contributed by atoms with Crippen LogP contribution in [0.5, 0.6) is 0 Å². The molecule has 26 heavy (non-hydrogen) atoms. The third-order valence-corrected chi connectivity index (χ3v) is 4.84. The highest BCUT2D eigenvalue weighted by atomic mass is 35.5. The van der Waals surface area contributed by atoms with Crippen molar-refractivity contribution in [2.45, 2.75) is 13.3 Å². The van der Waals surface area contributed by atoms with Crippen molar-refractivity contribution in [2.24, 2.45) is 0 Å². The van der Waals surface area contributed by atoms with Crippen LogP contribution >= 0.6 is 11.6 Å². The maximum absolute atomic E-state index is 13.0. The first-order valence-corrected chi connectivity index (χ1v) is 8.88. The van der Waals surface area contributed by atoms with E-state index in [0.29, 0.717) is 22.9 Å². The largest absolute Gasteiger partial charge is 0.340 e. The number of hydrogen-bond donors (Lipinski definition) is 1. The fraction of sp³-hybridized carbons (Fsp3) is 0.143. The fourth-order valence-electron chi connectivity index (χ4n) is 3.20. The van der Waals surface area contributed by atoms with Gasteiger partial charge < -0.3 is 10.2 Å². The van der Waals surface area contributed by atoms with Crippen LogP contribution in [0, 0.1) is 6.92 Å². The summed E-state index contributed by atoms with van der Waals surface area (Å²) < 4.78 is 0. The van der Waals surface area contributed by atoms with Crippen molar-refractivity contribution in [3.8, 4) is 0 Å². The van der Waals surface area contributed by atoms with Crippen LogP contribution in [-0.4, -0.2) is 17.4 Å². The van der Waals surface area contributed by atoms with Gasteiger partial charge in [-0.15, -0.1) is 0 Å². The van der Waals surface area contributed by atoms with Crippen LogP contribution in [0.25, 0.3) is 0 Å². The van der Waals surface area contributed by atoms with E-state index in [9.17, 15) is 4.79 Å². The molecule has 3 aromatic rings. The fourth-order valence-corrected chi connectivity index (χ4v) is 3.38. The number of pyridine rings is 1. The van der Waals surface area contributed by atoms with Gasteiger partial charge in [-0.3, -0.25) is 4.79 Å². The molecule has 1 amide bonds. The molecule has 4 rings (SSSR count). The lowest BCUT2D eigenvalue weighted by Crippen LogP contribution is -2.28. The van der Waals surface area contributed by atoms with E-state index in [-0.39, 0.29) is 5.91 Å². The van der Waals surface area contributed by atoms with Gasteiger partial charge in [-0.05, 0) is 54.8 Å². The van der Waals surface area contributed by atoms with Crippen molar-refractivity contribution in [3.05, 3.63) is 82.5 Å². The smallest absolute Gasteiger partial charge is 0.258 e. The molecule has 0 aliphatic carbocycles. The molecule has 0 bridgehead atoms. The van der Waals surface area contributed by atoms with Crippen LogP contribution < -0.4 is 10.2 Å². The monoisotopic (exact) mass is 363 g/mol. The molecule has 1 N–H and O–H groups in total. The second kappa shape index (κ2) is 6.81. The van der Waals surface area contributed by atoms with Crippen LogP contribution in [0.2, 0.25) is 5.02 Å². The molecule has 1 aromatic heterocycles. The van der Waals surface area contributed by atoms with Crippen molar-refractivity contribution in [1.82, 2.24) is 4.98 Å². The zero-order chi connectivity index (χ0) is 18.1. The molecule has 2 heterocycles. The quantitative estimate of drug-likeness (QED) is 0.713. The maximum Gasteiger partial charge on any atom is 0.258 e. The van der Waals surface area contributed by atoms with Gasteiger partial charge in [0.2, 0.25) is 0 Å². The highest BCUT2D eigenvalue weighted by Gasteiger charge is 2.25. The molecule has 0 atom stereocenters. The summed E-state index contributed by atoms with van der Waals surface area (Å²) in [7, 11) is 0. The maximum atomic E-state index is 13.0. The van der Waals surface area contributed by atoms with E-state index in [0.717, 1.165) is 23.4 Å². The van der Waals surface area contributed by atoms with Gasteiger partial charge in [0.25, 0.3) is 5.91 Å². The summed E-state index contributed by atoms with van der Waals surface area (Å²) in [4.78, 5) is 19.2. The van der Waals surface area contributed by atoms with Crippen molar-refractivity contribution in [3.63, 3.8) is 0 Å². The van der Waals surface area contributed by atoms with E-state index >= 15 is 0 Å². The molecule has 1 aliphatic heterocycles. The van der Waals surface area contributed by atoms with E-state index in [2.05, 4.69) is 16.4 Å². The first-order chi connectivity index (χ1) is 12.6. The zero-order valence-corrected chi connectivity index (χ0v) is 15.1. The molecule has 2 aromatic carbocycles. The lowest BCUT2D eigenvalue weighted by Gasteiger charge is -2.18. The second-order valence-corrected chi connectivity index (χ2v) is 6.79. The summed E-state index contributed by atoms with van der Waals surface area (Å²) in [6.45, 7) is 2.70. The average molecular weight is 364 g/mol. The number of rotatable bonds is 3. The SMILES string of the molecule is Cc1ccc(Cl)cc1Nc1cc(C(=O)N2CCc3ccccc32)ccn1. The lowest BCUT2D eigenvalue weighted by molar-refractivity contribution is 0.0989. The third kappa shape index (κ3) is 3.16. The number of anilines is 3. The lowest BCUT2D eigenvalue weighted by atomic mass is 10.1. The van der Waals surface area contributed by atoms with Crippen LogP contribution in [0.4, 0.5) is 17.2 Å². The van der Waals surface area contributed by atoms with Crippen molar-refractivity contribution < 1.29 is 4.79 Å². The van der Waals surface area contributed by atoms with Gasteiger partial charge in [-0.25, -0.2) is 4.98 Å². The molecule has 4 nitrogen and oxygen atoms in total. The standard InChI is InChI=1S/C21H18ClN3O/c1-14-6-7-17(22)13-18(14)24-20-12-16(8-10-23-20)21(26)25-11-9-15-4-2-3-5-19(15)25/h2-8,10,12-13H,9,11H2,1H3,(H,23,24). The molecule has 1 aliphatic rings. The third-order valence-electron chi connectivity index (χ3n) is 4.60. The van der Waals surface area contributed by atoms with Gasteiger partial charge in [0.1, 0.15) is 5.82 Å². The van der Waals surface area contributed by atoms with Gasteiger partial charge in [0.05, 0.1) is 0 Å². The van der Waals surface area contributed by atoms with E-state index in [1.165, 1.54) is 5.56 Å². The Morgan fingerprint density at radius 2 is 2.00 bits per heavy atom. The Balaban J connectivity index is 1.60. The number of para-hydroxylation sites is 1. The first-order valence-electron chi connectivity index (χ1n) is 8.51. The Morgan fingerprint density at radius 1 is 1.15 bits per heavy atom. The minimum Gasteiger partial charge on any atom is -0.340 e. The number of fused-ring (bicyclic) bond motifs is 1. The van der Waals surface area contributed by atoms with Crippen LogP contribution in [-0.2, 0) is 6.42 Å². The van der Waals surface area contributed by atoms with Crippen LogP contribution in [0.3, 0.4) is 0 Å². The van der Waals surface area contributed by atoms with Gasteiger partial charge in [-0.2, -0.15) is 0 Å². The number of aromatic nitrogens is 1. The predicted octanol–water partition coefficient (Wildman–Crippen LogP) is 4.99. The Hall–Kier alpha value is -2.85. The zero-order valence-electron chi connectivity index (χ0n) is 14.4. The first kappa shape index (κ1) is 16.6. The number of carbonyl (C=O) groups is 1. The normalized spacial score (nSPS) is 12.8. The number of benzene rings is 2. The van der Waals surface area contributed by atoms with Crippen LogP contribution in [0.15, 0.2) is 60.8 Å². The van der Waals surface area contributed by atoms with E-state index in [1.807, 2.05) is 48.2 Å². The highest BCUT2D eigenvalue weighted by Crippen LogP contribution is 2.29. The second-order valence-electron chi connectivity index (χ2n) is 6.35. The summed E-state index contributed by atoms with van der Waals surface area (Å²) in [5.41, 5.74) is 4.75. The molecule has 0 spiro atoms. The minimum absolute atomic E-state index is 0.0109. The number of hydrogen-bond acceptors (Lipinski definition) is 3. The molecule has 0 saturated carbocycles. The summed E-state index contributed by atoms with van der Waals surface area (Å²) in [5, 5.41) is 3.90. The molecule has 130 valence electrons. The van der Waals surface area contributed by atoms with Gasteiger partial charge in [0, 0.05) is 34.7 Å². The predicted molar refractivity (Wildman–Crippen MR) is 106 cm³/mol. The molecular weight excluding hydrogens is 346 g/mol. The van der Waals surface area contributed by atoms with Crippen molar-refractivity contribution in [1.29, 1.82) is 0 Å². The molecule has 0 fully saturated rings. The topological polar surface area (TPSA) is 45.2 Å². The van der Waals surface area contributed by atoms with Gasteiger partial charge >= 0.3 is 0 Å². The van der Waals surface area contributed by atoms with Gasteiger partial charge in [0.15, 0.2) is 0 Å². The van der Waals surface area contributed by atoms with E-state index in [1.54, 1.807) is 18.3 Å². The van der Waals surface area contributed by atoms with Crippen molar-refractivity contribution in [2.75, 3.05) is 16.8 Å². The highest BCUT2D eigenvalue weighted by molar-refractivity contribution is 6.30. The number of nitrogens with one attached hydrogen (secondary N) is 1. The molecule has 0 unspecified atom stereocenters. The Bertz CT molecular complexity index is 986. The van der Waals surface area contributed by atoms with E-state index < -0.39 is 0 Å². The number of carbonyl (C=O) groups excluding carboxylic acids is 1. The summed E-state index contributed by atoms with van der Waals surface area (Å²) in [6, 6.07) is 17.2. The Kier molecular flexibility index (Phi) is 4.35. The summed E-state index contributed by atoms with van der Waals surface area (Å²) >= 11 is 6.08. The molecule has 0 radical (unpaired) electrons. The number of aryl methyl sites for hydroxylation is 1. The number of amides is 1. The average Bonchev–Trinajstić information content (AvgIpc) is 3.08. The summed E-state index contributed by atoms with van der Waals surface area (Å²) in [6.07, 6.45) is 2.54. The molecule has 5 heteroatoms. The Labute approximate surface area is 157 Å². The molecular formula is C21H18ClN3O. The summed E-state index contributed by atoms with van der Waals surface area (Å²) in [5.74, 6) is 0.608. The van der Waals surface area contributed by atoms with Crippen molar-refractivity contribution >= 4 is 34.7 Å². The Morgan fingerprint density at radius 3 is 2.88 bits per heavy atom. The van der Waals surface area contributed by atoms with E-state index in [4.69, 9.17) is 11.6 Å². The minimum atomic E-state index is -0.0109. The number of nitrogens with zero attached hydrogens (tertiary/aromatic N) is 2. The number of halogens is 1. The molecule has 0 saturated heterocycles. The van der Waals surface area contributed by atoms with Crippen LogP contribution in [0.1, 0.15) is 21.5 Å².